The number of thioether (sulfide) groups is 1. The molecule has 1 saturated carbocycles. The second-order valence-electron chi connectivity index (χ2n) is 4.96. The van der Waals surface area contributed by atoms with Crippen molar-refractivity contribution in [2.45, 2.75) is 37.3 Å². The fraction of sp³-hybridized carbons (Fsp3) is 1.00. The molecule has 2 aliphatic rings. The Morgan fingerprint density at radius 3 is 2.44 bits per heavy atom. The van der Waals surface area contributed by atoms with Crippen LogP contribution in [0.1, 0.15) is 25.7 Å². The molecule has 16 heavy (non-hydrogen) atoms. The lowest BCUT2D eigenvalue weighted by molar-refractivity contribution is -0.00301. The zero-order chi connectivity index (χ0) is 11.4. The minimum Gasteiger partial charge on any atom is -0.381 e. The summed E-state index contributed by atoms with van der Waals surface area (Å²) in [7, 11) is 1.83. The van der Waals surface area contributed by atoms with Crippen molar-refractivity contribution >= 4 is 11.8 Å². The van der Waals surface area contributed by atoms with Gasteiger partial charge in [0.25, 0.3) is 0 Å². The average molecular weight is 244 g/mol. The molecule has 0 aromatic carbocycles. The summed E-state index contributed by atoms with van der Waals surface area (Å²) >= 11 is 2.07. The van der Waals surface area contributed by atoms with Crippen LogP contribution in [0.4, 0.5) is 0 Å². The van der Waals surface area contributed by atoms with Gasteiger partial charge < -0.3 is 10.5 Å². The number of nitrogens with two attached hydrogens (primary N) is 1. The average Bonchev–Trinajstić information content (AvgIpc) is 2.40. The van der Waals surface area contributed by atoms with Crippen LogP contribution in [0, 0.1) is 0 Å². The van der Waals surface area contributed by atoms with E-state index < -0.39 is 0 Å². The summed E-state index contributed by atoms with van der Waals surface area (Å²) in [6.07, 6.45) is 5.26. The fourth-order valence-corrected chi connectivity index (χ4v) is 3.95. The molecule has 1 aliphatic heterocycles. The van der Waals surface area contributed by atoms with Gasteiger partial charge in [0, 0.05) is 43.8 Å². The van der Waals surface area contributed by atoms with E-state index in [0.29, 0.717) is 6.10 Å². The van der Waals surface area contributed by atoms with Crippen LogP contribution < -0.4 is 5.73 Å². The monoisotopic (exact) mass is 244 g/mol. The highest BCUT2D eigenvalue weighted by Crippen LogP contribution is 2.35. The molecule has 0 aromatic heterocycles. The smallest absolute Gasteiger partial charge is 0.0572 e. The zero-order valence-electron chi connectivity index (χ0n) is 10.3. The lowest BCUT2D eigenvalue weighted by Gasteiger charge is -2.48. The molecule has 0 unspecified atom stereocenters. The highest BCUT2D eigenvalue weighted by molar-refractivity contribution is 7.99. The molecule has 94 valence electrons. The Bertz CT molecular complexity index is 211. The molecule has 0 bridgehead atoms. The van der Waals surface area contributed by atoms with Crippen molar-refractivity contribution in [1.29, 1.82) is 0 Å². The molecule has 2 rings (SSSR count). The molecule has 0 radical (unpaired) electrons. The number of nitrogens with zero attached hydrogens (tertiary/aromatic N) is 1. The summed E-state index contributed by atoms with van der Waals surface area (Å²) in [5.41, 5.74) is 6.35. The third-order valence-electron chi connectivity index (χ3n) is 4.26. The Labute approximate surface area is 103 Å². The third kappa shape index (κ3) is 2.55. The van der Waals surface area contributed by atoms with Gasteiger partial charge in [-0.05, 0) is 25.7 Å². The van der Waals surface area contributed by atoms with Crippen molar-refractivity contribution in [3.8, 4) is 0 Å². The van der Waals surface area contributed by atoms with Gasteiger partial charge in [-0.2, -0.15) is 11.8 Å². The first-order valence-electron chi connectivity index (χ1n) is 6.36. The van der Waals surface area contributed by atoms with E-state index >= 15 is 0 Å². The van der Waals surface area contributed by atoms with E-state index in [4.69, 9.17) is 10.5 Å². The molecule has 3 nitrogen and oxygen atoms in total. The van der Waals surface area contributed by atoms with Crippen molar-refractivity contribution in [3.05, 3.63) is 0 Å². The van der Waals surface area contributed by atoms with E-state index in [2.05, 4.69) is 16.7 Å². The van der Waals surface area contributed by atoms with Gasteiger partial charge in [0.2, 0.25) is 0 Å². The van der Waals surface area contributed by atoms with Gasteiger partial charge in [0.1, 0.15) is 0 Å². The second-order valence-corrected chi connectivity index (χ2v) is 6.19. The first kappa shape index (κ1) is 12.7. The van der Waals surface area contributed by atoms with E-state index in [9.17, 15) is 0 Å². The Morgan fingerprint density at radius 1 is 1.31 bits per heavy atom. The molecule has 1 aliphatic carbocycles. The van der Waals surface area contributed by atoms with Crippen LogP contribution >= 0.6 is 11.8 Å². The predicted octanol–water partition coefficient (Wildman–Crippen LogP) is 1.32. The van der Waals surface area contributed by atoms with Crippen LogP contribution in [-0.4, -0.2) is 54.8 Å². The Balaban J connectivity index is 1.96. The van der Waals surface area contributed by atoms with Gasteiger partial charge in [0.05, 0.1) is 6.10 Å². The molecule has 2 fully saturated rings. The maximum atomic E-state index is 6.07. The van der Waals surface area contributed by atoms with Crippen LogP contribution in [0.15, 0.2) is 0 Å². The first-order valence-corrected chi connectivity index (χ1v) is 7.52. The number of hydrogen-bond donors (Lipinski definition) is 1. The van der Waals surface area contributed by atoms with Crippen LogP contribution in [0.2, 0.25) is 0 Å². The highest BCUT2D eigenvalue weighted by Gasteiger charge is 2.39. The Morgan fingerprint density at radius 2 is 1.94 bits per heavy atom. The van der Waals surface area contributed by atoms with Gasteiger partial charge in [-0.15, -0.1) is 0 Å². The standard InChI is InChI=1S/C12H24N2OS/c1-15-11-2-4-12(10-13,5-3-11)14-6-8-16-9-7-14/h11H,2-10,13H2,1H3. The van der Waals surface area contributed by atoms with Gasteiger partial charge in [0.15, 0.2) is 0 Å². The normalized spacial score (nSPS) is 37.5. The van der Waals surface area contributed by atoms with E-state index in [-0.39, 0.29) is 5.54 Å². The van der Waals surface area contributed by atoms with Crippen LogP contribution in [0.25, 0.3) is 0 Å². The largest absolute Gasteiger partial charge is 0.381 e. The van der Waals surface area contributed by atoms with Crippen molar-refractivity contribution in [3.63, 3.8) is 0 Å². The summed E-state index contributed by atoms with van der Waals surface area (Å²) in [5.74, 6) is 2.55. The van der Waals surface area contributed by atoms with Gasteiger partial charge in [-0.3, -0.25) is 4.90 Å². The van der Waals surface area contributed by atoms with E-state index in [0.717, 1.165) is 6.54 Å². The Kier molecular flexibility index (Phi) is 4.53. The maximum absolute atomic E-state index is 6.07. The van der Waals surface area contributed by atoms with Gasteiger partial charge >= 0.3 is 0 Å². The molecule has 0 atom stereocenters. The van der Waals surface area contributed by atoms with Gasteiger partial charge in [-0.25, -0.2) is 0 Å². The molecule has 4 heteroatoms. The molecule has 1 heterocycles. The van der Waals surface area contributed by atoms with Crippen molar-refractivity contribution in [1.82, 2.24) is 4.90 Å². The fourth-order valence-electron chi connectivity index (χ4n) is 3.05. The van der Waals surface area contributed by atoms with Gasteiger partial charge in [-0.1, -0.05) is 0 Å². The SMILES string of the molecule is COC1CCC(CN)(N2CCSCC2)CC1. The van der Waals surface area contributed by atoms with E-state index in [1.807, 2.05) is 7.11 Å². The summed E-state index contributed by atoms with van der Waals surface area (Å²) in [4.78, 5) is 2.65. The summed E-state index contributed by atoms with van der Waals surface area (Å²) in [6.45, 7) is 3.26. The predicted molar refractivity (Wildman–Crippen MR) is 69.9 cm³/mol. The minimum atomic E-state index is 0.288. The third-order valence-corrected chi connectivity index (χ3v) is 5.20. The molecule has 2 N–H and O–H groups in total. The molecule has 0 amide bonds. The number of rotatable bonds is 3. The highest BCUT2D eigenvalue weighted by atomic mass is 32.2. The topological polar surface area (TPSA) is 38.5 Å². The minimum absolute atomic E-state index is 0.288. The second kappa shape index (κ2) is 5.71. The number of methoxy groups -OCH3 is 1. The molecule has 0 aromatic rings. The van der Waals surface area contributed by atoms with Crippen LogP contribution in [0.3, 0.4) is 0 Å². The first-order chi connectivity index (χ1) is 7.80. The summed E-state index contributed by atoms with van der Waals surface area (Å²) in [6, 6.07) is 0. The maximum Gasteiger partial charge on any atom is 0.0572 e. The lowest BCUT2D eigenvalue weighted by Crippen LogP contribution is -2.58. The van der Waals surface area contributed by atoms with Crippen LogP contribution in [0.5, 0.6) is 0 Å². The summed E-state index contributed by atoms with van der Waals surface area (Å²) in [5, 5.41) is 0. The number of ether oxygens (including phenoxy) is 1. The molecular weight excluding hydrogens is 220 g/mol. The summed E-state index contributed by atoms with van der Waals surface area (Å²) < 4.78 is 5.45. The van der Waals surface area contributed by atoms with Crippen molar-refractivity contribution in [2.75, 3.05) is 38.2 Å². The molecule has 1 saturated heterocycles. The zero-order valence-corrected chi connectivity index (χ0v) is 11.1. The van der Waals surface area contributed by atoms with E-state index in [1.165, 1.54) is 50.3 Å². The lowest BCUT2D eigenvalue weighted by atomic mass is 9.79. The number of hydrogen-bond acceptors (Lipinski definition) is 4. The van der Waals surface area contributed by atoms with Crippen molar-refractivity contribution in [2.24, 2.45) is 5.73 Å². The van der Waals surface area contributed by atoms with Crippen molar-refractivity contribution < 1.29 is 4.74 Å². The quantitative estimate of drug-likeness (QED) is 0.813. The van der Waals surface area contributed by atoms with E-state index in [1.54, 1.807) is 0 Å². The molecule has 0 spiro atoms. The van der Waals surface area contributed by atoms with Crippen LogP contribution in [-0.2, 0) is 4.74 Å². The molecular formula is C12H24N2OS. The Hall–Kier alpha value is 0.230.